The zero-order valence-corrected chi connectivity index (χ0v) is 19.0. The van der Waals surface area contributed by atoms with Crippen molar-refractivity contribution < 1.29 is 14.3 Å². The van der Waals surface area contributed by atoms with Crippen molar-refractivity contribution in [3.8, 4) is 0 Å². The summed E-state index contributed by atoms with van der Waals surface area (Å²) in [4.78, 5) is 32.0. The summed E-state index contributed by atoms with van der Waals surface area (Å²) in [5.41, 5.74) is 1.56. The summed E-state index contributed by atoms with van der Waals surface area (Å²) in [7, 11) is 0. The molecule has 2 fully saturated rings. The second kappa shape index (κ2) is 9.67. The predicted octanol–water partition coefficient (Wildman–Crippen LogP) is 5.81. The summed E-state index contributed by atoms with van der Waals surface area (Å²) in [6, 6.07) is 4.91. The number of nitrogens with one attached hydrogen (secondary N) is 1. The Balaban J connectivity index is 1.84. The molecule has 0 aromatic heterocycles. The fourth-order valence-electron chi connectivity index (χ4n) is 4.89. The van der Waals surface area contributed by atoms with E-state index in [0.717, 1.165) is 24.8 Å². The minimum atomic E-state index is -0.604. The molecule has 1 aliphatic heterocycles. The van der Waals surface area contributed by atoms with Crippen LogP contribution in [0.1, 0.15) is 64.9 Å². The molecule has 0 spiro atoms. The normalized spacial score (nSPS) is 22.1. The average Bonchev–Trinajstić information content (AvgIpc) is 3.18. The molecule has 2 atom stereocenters. The van der Waals surface area contributed by atoms with Crippen LogP contribution >= 0.6 is 0 Å². The summed E-state index contributed by atoms with van der Waals surface area (Å²) in [5.74, 6) is 0.460. The number of rotatable bonds is 5. The molecular formula is C25H35N3O3. The highest BCUT2D eigenvalue weighted by Crippen LogP contribution is 2.40. The number of ether oxygens (including phenoxy) is 1. The van der Waals surface area contributed by atoms with Gasteiger partial charge in [-0.1, -0.05) is 44.8 Å². The summed E-state index contributed by atoms with van der Waals surface area (Å²) in [5, 5.41) is 3.03. The van der Waals surface area contributed by atoms with Gasteiger partial charge < -0.3 is 10.1 Å². The van der Waals surface area contributed by atoms with Gasteiger partial charge in [0.2, 0.25) is 5.91 Å². The van der Waals surface area contributed by atoms with Gasteiger partial charge >= 0.3 is 6.09 Å². The van der Waals surface area contributed by atoms with Gasteiger partial charge in [0, 0.05) is 17.8 Å². The van der Waals surface area contributed by atoms with Crippen LogP contribution in [0.25, 0.3) is 6.08 Å². The van der Waals surface area contributed by atoms with Crippen molar-refractivity contribution in [1.82, 2.24) is 4.90 Å². The fourth-order valence-corrected chi connectivity index (χ4v) is 4.89. The second-order valence-electron chi connectivity index (χ2n) is 9.59. The molecule has 1 aromatic rings. The number of hydrogen-bond donors (Lipinski definition) is 1. The van der Waals surface area contributed by atoms with Crippen LogP contribution in [0.4, 0.5) is 16.2 Å². The van der Waals surface area contributed by atoms with Crippen molar-refractivity contribution in [3.05, 3.63) is 30.3 Å². The first-order valence-electron chi connectivity index (χ1n) is 11.3. The quantitative estimate of drug-likeness (QED) is 0.606. The van der Waals surface area contributed by atoms with Gasteiger partial charge in [-0.05, 0) is 63.9 Å². The van der Waals surface area contributed by atoms with Crippen molar-refractivity contribution in [3.63, 3.8) is 0 Å². The van der Waals surface area contributed by atoms with E-state index in [1.54, 1.807) is 23.1 Å². The van der Waals surface area contributed by atoms with Crippen molar-refractivity contribution in [2.75, 3.05) is 11.9 Å². The van der Waals surface area contributed by atoms with Gasteiger partial charge in [0.1, 0.15) is 11.6 Å². The molecule has 0 bridgehead atoms. The Bertz CT molecular complexity index is 837. The lowest BCUT2D eigenvalue weighted by molar-refractivity contribution is -0.122. The molecule has 1 saturated carbocycles. The van der Waals surface area contributed by atoms with Gasteiger partial charge in [-0.3, -0.25) is 14.7 Å². The standard InChI is InChI=1S/C25H35N3O3/c1-6-17-16-19(12-13-21(17)26-5)27-23(29)22-20(18-10-8-7-9-11-18)14-15-28(22)24(30)31-25(2,3)4/h6,12-13,16,18,20,22H,1,5,7-11,14-15H2,2-4H3,(H,27,29). The van der Waals surface area contributed by atoms with Gasteiger partial charge in [0.25, 0.3) is 0 Å². The van der Waals surface area contributed by atoms with Gasteiger partial charge in [0.05, 0.1) is 5.69 Å². The number of anilines is 1. The van der Waals surface area contributed by atoms with E-state index in [-0.39, 0.29) is 11.8 Å². The molecule has 2 aliphatic rings. The third-order valence-corrected chi connectivity index (χ3v) is 6.28. The van der Waals surface area contributed by atoms with Crippen molar-refractivity contribution in [2.45, 2.75) is 70.9 Å². The molecule has 1 aromatic carbocycles. The number of carbonyl (C=O) groups is 2. The first-order valence-corrected chi connectivity index (χ1v) is 11.3. The zero-order chi connectivity index (χ0) is 22.6. The summed E-state index contributed by atoms with van der Waals surface area (Å²) < 4.78 is 5.63. The minimum Gasteiger partial charge on any atom is -0.444 e. The van der Waals surface area contributed by atoms with E-state index in [9.17, 15) is 9.59 Å². The number of carbonyl (C=O) groups excluding carboxylic acids is 2. The molecule has 2 unspecified atom stereocenters. The maximum absolute atomic E-state index is 13.5. The average molecular weight is 426 g/mol. The van der Waals surface area contributed by atoms with Crippen LogP contribution in [0.3, 0.4) is 0 Å². The Morgan fingerprint density at radius 1 is 1.19 bits per heavy atom. The predicted molar refractivity (Wildman–Crippen MR) is 126 cm³/mol. The van der Waals surface area contributed by atoms with Crippen LogP contribution in [0, 0.1) is 11.8 Å². The molecule has 31 heavy (non-hydrogen) atoms. The topological polar surface area (TPSA) is 71.0 Å². The van der Waals surface area contributed by atoms with E-state index in [2.05, 4.69) is 23.6 Å². The largest absolute Gasteiger partial charge is 0.444 e. The highest BCUT2D eigenvalue weighted by Gasteiger charge is 2.46. The zero-order valence-electron chi connectivity index (χ0n) is 19.0. The first kappa shape index (κ1) is 23.0. The molecular weight excluding hydrogens is 390 g/mol. The van der Waals surface area contributed by atoms with E-state index in [1.807, 2.05) is 26.8 Å². The lowest BCUT2D eigenvalue weighted by Gasteiger charge is -2.34. The van der Waals surface area contributed by atoms with Crippen LogP contribution in [-0.4, -0.2) is 41.8 Å². The molecule has 0 radical (unpaired) electrons. The van der Waals surface area contributed by atoms with Crippen molar-refractivity contribution >= 4 is 36.2 Å². The van der Waals surface area contributed by atoms with Gasteiger partial charge in [0.15, 0.2) is 0 Å². The number of benzene rings is 1. The summed E-state index contributed by atoms with van der Waals surface area (Å²) in [6.07, 6.45) is 8.00. The third-order valence-electron chi connectivity index (χ3n) is 6.28. The van der Waals surface area contributed by atoms with Crippen LogP contribution in [0.5, 0.6) is 0 Å². The molecule has 1 saturated heterocycles. The van der Waals surface area contributed by atoms with E-state index < -0.39 is 17.7 Å². The molecule has 2 amide bonds. The number of likely N-dealkylation sites (tertiary alicyclic amines) is 1. The molecule has 168 valence electrons. The maximum atomic E-state index is 13.5. The molecule has 3 rings (SSSR count). The van der Waals surface area contributed by atoms with E-state index in [0.29, 0.717) is 23.8 Å². The first-order chi connectivity index (χ1) is 14.7. The number of aliphatic imine (C=N–C) groups is 1. The van der Waals surface area contributed by atoms with Crippen LogP contribution in [0.15, 0.2) is 29.8 Å². The van der Waals surface area contributed by atoms with Gasteiger partial charge in [-0.25, -0.2) is 4.79 Å². The second-order valence-corrected chi connectivity index (χ2v) is 9.59. The molecule has 1 aliphatic carbocycles. The molecule has 1 heterocycles. The Hall–Kier alpha value is -2.63. The Kier molecular flexibility index (Phi) is 7.19. The van der Waals surface area contributed by atoms with Crippen LogP contribution in [-0.2, 0) is 9.53 Å². The number of hydrogen-bond acceptors (Lipinski definition) is 4. The fraction of sp³-hybridized carbons (Fsp3) is 0.560. The molecule has 6 nitrogen and oxygen atoms in total. The number of amides is 2. The van der Waals surface area contributed by atoms with E-state index in [1.165, 1.54) is 19.3 Å². The number of nitrogens with zero attached hydrogens (tertiary/aromatic N) is 2. The smallest absolute Gasteiger partial charge is 0.410 e. The molecule has 6 heteroatoms. The Labute approximate surface area is 185 Å². The summed E-state index contributed by atoms with van der Waals surface area (Å²) in [6.45, 7) is 13.5. The Morgan fingerprint density at radius 2 is 1.90 bits per heavy atom. The van der Waals surface area contributed by atoms with Gasteiger partial charge in [-0.2, -0.15) is 0 Å². The highest BCUT2D eigenvalue weighted by molar-refractivity contribution is 5.97. The van der Waals surface area contributed by atoms with Crippen molar-refractivity contribution in [1.29, 1.82) is 0 Å². The minimum absolute atomic E-state index is 0.154. The molecule has 1 N–H and O–H groups in total. The lowest BCUT2D eigenvalue weighted by Crippen LogP contribution is -2.49. The lowest BCUT2D eigenvalue weighted by atomic mass is 9.76. The van der Waals surface area contributed by atoms with E-state index >= 15 is 0 Å². The maximum Gasteiger partial charge on any atom is 0.410 e. The Morgan fingerprint density at radius 3 is 2.52 bits per heavy atom. The van der Waals surface area contributed by atoms with Crippen LogP contribution < -0.4 is 5.32 Å². The van der Waals surface area contributed by atoms with Gasteiger partial charge in [-0.15, -0.1) is 0 Å². The van der Waals surface area contributed by atoms with Crippen LogP contribution in [0.2, 0.25) is 0 Å². The van der Waals surface area contributed by atoms with Crippen molar-refractivity contribution in [2.24, 2.45) is 16.8 Å². The SMILES string of the molecule is C=Cc1cc(NC(=O)C2C(C3CCCCC3)CCN2C(=O)OC(C)(C)C)ccc1N=C. The highest BCUT2D eigenvalue weighted by atomic mass is 16.6. The third kappa shape index (κ3) is 5.54. The monoisotopic (exact) mass is 425 g/mol. The van der Waals surface area contributed by atoms with E-state index in [4.69, 9.17) is 4.74 Å². The summed E-state index contributed by atoms with van der Waals surface area (Å²) >= 11 is 0.